The highest BCUT2D eigenvalue weighted by atomic mass is 16.3. The number of nitrogens with one attached hydrogen (secondary N) is 2. The topological polar surface area (TPSA) is 81.7 Å². The standard InChI is InChI=1S/C17H27N3O3/c1-5-17(4,23)12-18-16(22)19-14-10-8-9-13(11-14)15(21)20(6-2)7-3/h8-11,23H,5-7,12H2,1-4H3,(H2,18,19,22)/t17-/m1/s1. The Kier molecular flexibility index (Phi) is 7.03. The molecule has 0 heterocycles. The van der Waals surface area contributed by atoms with Gasteiger partial charge in [-0.05, 0) is 45.4 Å². The maximum absolute atomic E-state index is 12.3. The highest BCUT2D eigenvalue weighted by molar-refractivity contribution is 5.96. The number of rotatable bonds is 7. The van der Waals surface area contributed by atoms with E-state index >= 15 is 0 Å². The van der Waals surface area contributed by atoms with E-state index in [1.54, 1.807) is 36.1 Å². The summed E-state index contributed by atoms with van der Waals surface area (Å²) in [5.74, 6) is -0.0621. The fourth-order valence-electron chi connectivity index (χ4n) is 1.99. The van der Waals surface area contributed by atoms with E-state index < -0.39 is 11.6 Å². The van der Waals surface area contributed by atoms with Gasteiger partial charge >= 0.3 is 6.03 Å². The molecular weight excluding hydrogens is 294 g/mol. The van der Waals surface area contributed by atoms with Gasteiger partial charge in [0, 0.05) is 30.9 Å². The van der Waals surface area contributed by atoms with Crippen LogP contribution in [0, 0.1) is 0 Å². The quantitative estimate of drug-likeness (QED) is 0.721. The van der Waals surface area contributed by atoms with Gasteiger partial charge in [0.25, 0.3) is 5.91 Å². The first kappa shape index (κ1) is 19.0. The molecule has 0 unspecified atom stereocenters. The van der Waals surface area contributed by atoms with E-state index in [4.69, 9.17) is 0 Å². The van der Waals surface area contributed by atoms with Gasteiger partial charge < -0.3 is 20.6 Å². The van der Waals surface area contributed by atoms with Gasteiger partial charge in [-0.2, -0.15) is 0 Å². The maximum atomic E-state index is 12.3. The number of hydrogen-bond acceptors (Lipinski definition) is 3. The van der Waals surface area contributed by atoms with Crippen LogP contribution in [0.4, 0.5) is 10.5 Å². The van der Waals surface area contributed by atoms with Crippen LogP contribution in [0.15, 0.2) is 24.3 Å². The highest BCUT2D eigenvalue weighted by Crippen LogP contribution is 2.13. The van der Waals surface area contributed by atoms with Crippen LogP contribution in [-0.2, 0) is 0 Å². The van der Waals surface area contributed by atoms with Gasteiger partial charge in [-0.1, -0.05) is 13.0 Å². The van der Waals surface area contributed by atoms with Gasteiger partial charge in [-0.3, -0.25) is 4.79 Å². The van der Waals surface area contributed by atoms with Gasteiger partial charge in [0.15, 0.2) is 0 Å². The van der Waals surface area contributed by atoms with Crippen LogP contribution in [0.3, 0.4) is 0 Å². The second kappa shape index (κ2) is 8.53. The predicted octanol–water partition coefficient (Wildman–Crippen LogP) is 2.45. The first-order valence-electron chi connectivity index (χ1n) is 7.99. The molecule has 0 bridgehead atoms. The molecule has 0 aliphatic carbocycles. The van der Waals surface area contributed by atoms with Crippen LogP contribution in [0.1, 0.15) is 44.5 Å². The summed E-state index contributed by atoms with van der Waals surface area (Å²) < 4.78 is 0. The van der Waals surface area contributed by atoms with Crippen molar-refractivity contribution in [3.8, 4) is 0 Å². The van der Waals surface area contributed by atoms with Crippen molar-refractivity contribution in [3.63, 3.8) is 0 Å². The smallest absolute Gasteiger partial charge is 0.319 e. The fraction of sp³-hybridized carbons (Fsp3) is 0.529. The molecule has 0 aliphatic rings. The largest absolute Gasteiger partial charge is 0.388 e. The minimum absolute atomic E-state index is 0.0621. The highest BCUT2D eigenvalue weighted by Gasteiger charge is 2.18. The van der Waals surface area contributed by atoms with Crippen molar-refractivity contribution in [2.45, 2.75) is 39.7 Å². The molecule has 0 saturated heterocycles. The molecule has 0 aliphatic heterocycles. The van der Waals surface area contributed by atoms with Crippen LogP contribution >= 0.6 is 0 Å². The summed E-state index contributed by atoms with van der Waals surface area (Å²) in [5, 5.41) is 15.2. The molecule has 0 saturated carbocycles. The lowest BCUT2D eigenvalue weighted by Crippen LogP contribution is -2.41. The Morgan fingerprint density at radius 3 is 2.43 bits per heavy atom. The lowest BCUT2D eigenvalue weighted by Gasteiger charge is -2.22. The van der Waals surface area contributed by atoms with E-state index in [0.29, 0.717) is 30.8 Å². The number of carbonyl (C=O) groups is 2. The number of hydrogen-bond donors (Lipinski definition) is 3. The molecular formula is C17H27N3O3. The third-order valence-corrected chi connectivity index (χ3v) is 3.81. The SMILES string of the molecule is CCN(CC)C(=O)c1cccc(NC(=O)NC[C@](C)(O)CC)c1. The van der Waals surface area contributed by atoms with Gasteiger partial charge in [-0.15, -0.1) is 0 Å². The van der Waals surface area contributed by atoms with Crippen molar-refractivity contribution in [1.82, 2.24) is 10.2 Å². The first-order valence-corrected chi connectivity index (χ1v) is 7.99. The number of benzene rings is 1. The summed E-state index contributed by atoms with van der Waals surface area (Å²) in [6, 6.07) is 6.42. The molecule has 6 heteroatoms. The minimum atomic E-state index is -0.933. The lowest BCUT2D eigenvalue weighted by molar-refractivity contribution is 0.0587. The van der Waals surface area contributed by atoms with Crippen LogP contribution in [0.25, 0.3) is 0 Å². The van der Waals surface area contributed by atoms with Crippen molar-refractivity contribution in [1.29, 1.82) is 0 Å². The van der Waals surface area contributed by atoms with Crippen molar-refractivity contribution in [3.05, 3.63) is 29.8 Å². The zero-order valence-electron chi connectivity index (χ0n) is 14.3. The molecule has 1 aromatic carbocycles. The second-order valence-electron chi connectivity index (χ2n) is 5.72. The molecule has 0 aromatic heterocycles. The van der Waals surface area contributed by atoms with E-state index in [9.17, 15) is 14.7 Å². The van der Waals surface area contributed by atoms with Crippen LogP contribution in [0.5, 0.6) is 0 Å². The normalized spacial score (nSPS) is 13.1. The Balaban J connectivity index is 2.70. The molecule has 1 aromatic rings. The third-order valence-electron chi connectivity index (χ3n) is 3.81. The Morgan fingerprint density at radius 1 is 1.22 bits per heavy atom. The van der Waals surface area contributed by atoms with Crippen molar-refractivity contribution >= 4 is 17.6 Å². The van der Waals surface area contributed by atoms with E-state index in [1.807, 2.05) is 20.8 Å². The van der Waals surface area contributed by atoms with Gasteiger partial charge in [0.05, 0.1) is 5.60 Å². The molecule has 23 heavy (non-hydrogen) atoms. The fourth-order valence-corrected chi connectivity index (χ4v) is 1.99. The number of amides is 3. The molecule has 0 spiro atoms. The zero-order valence-corrected chi connectivity index (χ0v) is 14.3. The molecule has 0 radical (unpaired) electrons. The van der Waals surface area contributed by atoms with Gasteiger partial charge in [0.1, 0.15) is 0 Å². The summed E-state index contributed by atoms with van der Waals surface area (Å²) in [5.41, 5.74) is 0.140. The summed E-state index contributed by atoms with van der Waals surface area (Å²) in [4.78, 5) is 25.9. The average Bonchev–Trinajstić information content (AvgIpc) is 2.54. The Labute approximate surface area is 137 Å². The van der Waals surface area contributed by atoms with E-state index in [0.717, 1.165) is 0 Å². The molecule has 1 atom stereocenters. The Morgan fingerprint density at radius 2 is 1.87 bits per heavy atom. The molecule has 3 amide bonds. The van der Waals surface area contributed by atoms with Gasteiger partial charge in [0.2, 0.25) is 0 Å². The maximum Gasteiger partial charge on any atom is 0.319 e. The molecule has 3 N–H and O–H groups in total. The third kappa shape index (κ3) is 5.90. The number of carbonyl (C=O) groups excluding carboxylic acids is 2. The van der Waals surface area contributed by atoms with Gasteiger partial charge in [-0.25, -0.2) is 4.79 Å². The van der Waals surface area contributed by atoms with Crippen LogP contribution in [0.2, 0.25) is 0 Å². The Hall–Kier alpha value is -2.08. The zero-order chi connectivity index (χ0) is 17.5. The predicted molar refractivity (Wildman–Crippen MR) is 91.6 cm³/mol. The van der Waals surface area contributed by atoms with Crippen LogP contribution < -0.4 is 10.6 Å². The van der Waals surface area contributed by atoms with E-state index in [-0.39, 0.29) is 12.5 Å². The first-order chi connectivity index (χ1) is 10.8. The minimum Gasteiger partial charge on any atom is -0.388 e. The Bertz CT molecular complexity index is 540. The summed E-state index contributed by atoms with van der Waals surface area (Å²) in [6.45, 7) is 8.80. The summed E-state index contributed by atoms with van der Waals surface area (Å²) >= 11 is 0. The van der Waals surface area contributed by atoms with Crippen molar-refractivity contribution in [2.24, 2.45) is 0 Å². The number of aliphatic hydroxyl groups is 1. The van der Waals surface area contributed by atoms with Crippen LogP contribution in [-0.4, -0.2) is 47.2 Å². The summed E-state index contributed by atoms with van der Waals surface area (Å²) in [7, 11) is 0. The van der Waals surface area contributed by atoms with Crippen molar-refractivity contribution in [2.75, 3.05) is 25.0 Å². The molecule has 128 valence electrons. The number of urea groups is 1. The number of anilines is 1. The monoisotopic (exact) mass is 321 g/mol. The lowest BCUT2D eigenvalue weighted by atomic mass is 10.0. The van der Waals surface area contributed by atoms with E-state index in [2.05, 4.69) is 10.6 Å². The molecule has 0 fully saturated rings. The molecule has 1 rings (SSSR count). The van der Waals surface area contributed by atoms with E-state index in [1.165, 1.54) is 0 Å². The van der Waals surface area contributed by atoms with Crippen molar-refractivity contribution < 1.29 is 14.7 Å². The molecule has 6 nitrogen and oxygen atoms in total. The number of nitrogens with zero attached hydrogens (tertiary/aromatic N) is 1. The average molecular weight is 321 g/mol. The summed E-state index contributed by atoms with van der Waals surface area (Å²) in [6.07, 6.45) is 0.543. The second-order valence-corrected chi connectivity index (χ2v) is 5.72.